The lowest BCUT2D eigenvalue weighted by atomic mass is 9.84. The number of allylic oxidation sites excluding steroid dienone is 2. The van der Waals surface area contributed by atoms with Gasteiger partial charge in [-0.05, 0) is 50.2 Å². The monoisotopic (exact) mass is 327 g/mol. The van der Waals surface area contributed by atoms with Gasteiger partial charge in [0.25, 0.3) is 5.91 Å². The minimum absolute atomic E-state index is 0.160. The van der Waals surface area contributed by atoms with Crippen molar-refractivity contribution in [3.8, 4) is 10.6 Å². The number of carbonyl (C=O) groups excluding carboxylic acids is 1. The normalized spacial score (nSPS) is 21.0. The number of piperidine rings is 1. The van der Waals surface area contributed by atoms with Gasteiger partial charge in [0, 0.05) is 30.9 Å². The molecule has 120 valence electrons. The van der Waals surface area contributed by atoms with Gasteiger partial charge in [-0.1, -0.05) is 6.08 Å². The Morgan fingerprint density at radius 2 is 2.22 bits per heavy atom. The molecule has 4 nitrogen and oxygen atoms in total. The lowest BCUT2D eigenvalue weighted by molar-refractivity contribution is 0.0749. The molecule has 1 fully saturated rings. The third-order valence-corrected chi connectivity index (χ3v) is 5.89. The fraction of sp³-hybridized carbons (Fsp3) is 0.444. The molecule has 0 N–H and O–H groups in total. The van der Waals surface area contributed by atoms with Crippen molar-refractivity contribution >= 4 is 17.2 Å². The fourth-order valence-electron chi connectivity index (χ4n) is 3.75. The van der Waals surface area contributed by atoms with Crippen molar-refractivity contribution < 1.29 is 4.79 Å². The van der Waals surface area contributed by atoms with Gasteiger partial charge in [-0.25, -0.2) is 0 Å². The minimum atomic E-state index is 0.160. The van der Waals surface area contributed by atoms with Crippen LogP contribution in [0.4, 0.5) is 0 Å². The molecule has 1 atom stereocenters. The average Bonchev–Trinajstić information content (AvgIpc) is 3.22. The number of carbonyl (C=O) groups is 1. The molecular weight excluding hydrogens is 306 g/mol. The zero-order valence-corrected chi connectivity index (χ0v) is 14.2. The number of rotatable bonds is 2. The summed E-state index contributed by atoms with van der Waals surface area (Å²) >= 11 is 1.62. The first-order valence-corrected chi connectivity index (χ1v) is 9.21. The summed E-state index contributed by atoms with van der Waals surface area (Å²) in [5, 5.41) is 6.19. The van der Waals surface area contributed by atoms with E-state index in [1.165, 1.54) is 25.0 Å². The van der Waals surface area contributed by atoms with Crippen LogP contribution in [0.3, 0.4) is 0 Å². The van der Waals surface area contributed by atoms with Gasteiger partial charge in [0.15, 0.2) is 0 Å². The number of hydrogen-bond donors (Lipinski definition) is 0. The highest BCUT2D eigenvalue weighted by Crippen LogP contribution is 2.36. The van der Waals surface area contributed by atoms with E-state index < -0.39 is 0 Å². The molecule has 0 spiro atoms. The molecule has 3 heterocycles. The van der Waals surface area contributed by atoms with Crippen LogP contribution < -0.4 is 0 Å². The lowest BCUT2D eigenvalue weighted by Crippen LogP contribution is -2.38. The molecule has 1 aliphatic carbocycles. The molecule has 1 aliphatic heterocycles. The van der Waals surface area contributed by atoms with E-state index in [2.05, 4.69) is 11.2 Å². The number of amides is 1. The van der Waals surface area contributed by atoms with Gasteiger partial charge in [-0.15, -0.1) is 11.3 Å². The first-order valence-electron chi connectivity index (χ1n) is 8.33. The molecule has 0 saturated carbocycles. The fourth-order valence-corrected chi connectivity index (χ4v) is 4.69. The highest BCUT2D eigenvalue weighted by molar-refractivity contribution is 7.13. The zero-order chi connectivity index (χ0) is 15.8. The van der Waals surface area contributed by atoms with E-state index in [9.17, 15) is 4.79 Å². The van der Waals surface area contributed by atoms with Crippen molar-refractivity contribution in [1.82, 2.24) is 14.7 Å². The van der Waals surface area contributed by atoms with E-state index in [1.807, 2.05) is 34.1 Å². The quantitative estimate of drug-likeness (QED) is 0.834. The van der Waals surface area contributed by atoms with Gasteiger partial charge < -0.3 is 4.90 Å². The second-order valence-electron chi connectivity index (χ2n) is 6.40. The number of aromatic nitrogens is 2. The minimum Gasteiger partial charge on any atom is -0.312 e. The summed E-state index contributed by atoms with van der Waals surface area (Å²) in [7, 11) is 1.93. The molecule has 5 heteroatoms. The van der Waals surface area contributed by atoms with Gasteiger partial charge in [-0.3, -0.25) is 9.48 Å². The average molecular weight is 327 g/mol. The van der Waals surface area contributed by atoms with E-state index in [-0.39, 0.29) is 5.91 Å². The second kappa shape index (κ2) is 5.96. The van der Waals surface area contributed by atoms with E-state index in [4.69, 9.17) is 0 Å². The van der Waals surface area contributed by atoms with Crippen LogP contribution in [0.5, 0.6) is 0 Å². The second-order valence-corrected chi connectivity index (χ2v) is 7.31. The maximum atomic E-state index is 13.0. The Labute approximate surface area is 140 Å². The Morgan fingerprint density at radius 1 is 1.35 bits per heavy atom. The molecular formula is C18H21N3OS. The Balaban J connectivity index is 1.61. The molecule has 2 aromatic rings. The van der Waals surface area contributed by atoms with Crippen LogP contribution in [0.25, 0.3) is 10.6 Å². The SMILES string of the molecule is Cn1nccc1-c1cc(C(=O)N2CCCC3CCCC=C32)cs1. The Bertz CT molecular complexity index is 758. The van der Waals surface area contributed by atoms with Crippen molar-refractivity contribution in [3.05, 3.63) is 41.0 Å². The summed E-state index contributed by atoms with van der Waals surface area (Å²) in [6.45, 7) is 0.859. The lowest BCUT2D eigenvalue weighted by Gasteiger charge is -2.37. The van der Waals surface area contributed by atoms with Crippen LogP contribution in [-0.4, -0.2) is 27.1 Å². The van der Waals surface area contributed by atoms with Gasteiger partial charge in [-0.2, -0.15) is 5.10 Å². The maximum absolute atomic E-state index is 13.0. The molecule has 1 amide bonds. The molecule has 1 saturated heterocycles. The standard InChI is InChI=1S/C18H21N3OS/c1-20-16(8-9-19-20)17-11-14(12-23-17)18(22)21-10-4-6-13-5-2-3-7-15(13)21/h7-9,11-13H,2-6,10H2,1H3. The Hall–Kier alpha value is -1.88. The van der Waals surface area contributed by atoms with E-state index in [0.29, 0.717) is 5.92 Å². The summed E-state index contributed by atoms with van der Waals surface area (Å²) in [6, 6.07) is 4.00. The predicted molar refractivity (Wildman–Crippen MR) is 92.2 cm³/mol. The number of thiophene rings is 1. The molecule has 4 rings (SSSR count). The van der Waals surface area contributed by atoms with Gasteiger partial charge in [0.1, 0.15) is 0 Å². The summed E-state index contributed by atoms with van der Waals surface area (Å²) in [5.41, 5.74) is 3.14. The Morgan fingerprint density at radius 3 is 3.04 bits per heavy atom. The molecule has 0 bridgehead atoms. The molecule has 1 unspecified atom stereocenters. The van der Waals surface area contributed by atoms with E-state index >= 15 is 0 Å². The first-order chi connectivity index (χ1) is 11.2. The Kier molecular flexibility index (Phi) is 3.81. The van der Waals surface area contributed by atoms with Crippen molar-refractivity contribution in [2.24, 2.45) is 13.0 Å². The van der Waals surface area contributed by atoms with Crippen LogP contribution >= 0.6 is 11.3 Å². The topological polar surface area (TPSA) is 38.1 Å². The number of fused-ring (bicyclic) bond motifs is 1. The molecule has 2 aromatic heterocycles. The molecule has 0 radical (unpaired) electrons. The first kappa shape index (κ1) is 14.7. The van der Waals surface area contributed by atoms with E-state index in [0.717, 1.165) is 35.5 Å². The highest BCUT2D eigenvalue weighted by atomic mass is 32.1. The van der Waals surface area contributed by atoms with Crippen molar-refractivity contribution in [1.29, 1.82) is 0 Å². The van der Waals surface area contributed by atoms with Crippen LogP contribution in [0.1, 0.15) is 42.5 Å². The third kappa shape index (κ3) is 2.63. The van der Waals surface area contributed by atoms with E-state index in [1.54, 1.807) is 17.5 Å². The van der Waals surface area contributed by atoms with Gasteiger partial charge in [0.2, 0.25) is 0 Å². The van der Waals surface area contributed by atoms with Crippen molar-refractivity contribution in [2.45, 2.75) is 32.1 Å². The summed E-state index contributed by atoms with van der Waals surface area (Å²) < 4.78 is 1.85. The number of hydrogen-bond acceptors (Lipinski definition) is 3. The van der Waals surface area contributed by atoms with Gasteiger partial charge >= 0.3 is 0 Å². The molecule has 0 aromatic carbocycles. The van der Waals surface area contributed by atoms with Gasteiger partial charge in [0.05, 0.1) is 16.1 Å². The number of nitrogens with zero attached hydrogens (tertiary/aromatic N) is 3. The molecule has 2 aliphatic rings. The van der Waals surface area contributed by atoms with Crippen LogP contribution in [0, 0.1) is 5.92 Å². The van der Waals surface area contributed by atoms with Crippen LogP contribution in [-0.2, 0) is 7.05 Å². The number of aryl methyl sites for hydroxylation is 1. The summed E-state index contributed by atoms with van der Waals surface area (Å²) in [5.74, 6) is 0.754. The van der Waals surface area contributed by atoms with Crippen molar-refractivity contribution in [2.75, 3.05) is 6.54 Å². The maximum Gasteiger partial charge on any atom is 0.258 e. The zero-order valence-electron chi connectivity index (χ0n) is 13.4. The van der Waals surface area contributed by atoms with Crippen molar-refractivity contribution in [3.63, 3.8) is 0 Å². The predicted octanol–water partition coefficient (Wildman–Crippen LogP) is 4.07. The number of likely N-dealkylation sites (tertiary alicyclic amines) is 1. The molecule has 23 heavy (non-hydrogen) atoms. The largest absolute Gasteiger partial charge is 0.312 e. The smallest absolute Gasteiger partial charge is 0.258 e. The third-order valence-electron chi connectivity index (χ3n) is 4.94. The highest BCUT2D eigenvalue weighted by Gasteiger charge is 2.31. The summed E-state index contributed by atoms with van der Waals surface area (Å²) in [6.07, 6.45) is 10.0. The van der Waals surface area contributed by atoms with Crippen LogP contribution in [0.15, 0.2) is 35.5 Å². The summed E-state index contributed by atoms with van der Waals surface area (Å²) in [4.78, 5) is 16.1. The van der Waals surface area contributed by atoms with Crippen LogP contribution in [0.2, 0.25) is 0 Å².